The van der Waals surface area contributed by atoms with Gasteiger partial charge < -0.3 is 9.88 Å². The number of fused-ring (bicyclic) bond motifs is 6. The summed E-state index contributed by atoms with van der Waals surface area (Å²) < 4.78 is 5.39. The number of benzene rings is 8. The third-order valence-corrected chi connectivity index (χ3v) is 15.9. The van der Waals surface area contributed by atoms with Gasteiger partial charge >= 0.3 is 0 Å². The molecule has 2 aromatic heterocycles. The average molecular weight is 833 g/mol. The van der Waals surface area contributed by atoms with Gasteiger partial charge in [-0.15, -0.1) is 11.3 Å². The molecule has 4 heteroatoms. The van der Waals surface area contributed by atoms with Gasteiger partial charge in [-0.05, 0) is 122 Å². The van der Waals surface area contributed by atoms with E-state index < -0.39 is 0 Å². The van der Waals surface area contributed by atoms with Crippen LogP contribution in [-0.2, 0) is 17.3 Å². The lowest BCUT2D eigenvalue weighted by Crippen LogP contribution is -2.48. The van der Waals surface area contributed by atoms with Crippen LogP contribution < -0.4 is 16.2 Å². The fourth-order valence-electron chi connectivity index (χ4n) is 11.4. The van der Waals surface area contributed by atoms with Gasteiger partial charge in [0.2, 0.25) is 6.71 Å². The van der Waals surface area contributed by atoms with Crippen LogP contribution in [0.25, 0.3) is 80.7 Å². The van der Waals surface area contributed by atoms with Gasteiger partial charge in [-0.25, -0.2) is 0 Å². The van der Waals surface area contributed by atoms with Crippen LogP contribution in [0, 0.1) is 0 Å². The molecule has 1 N–H and O–H groups in total. The van der Waals surface area contributed by atoms with Gasteiger partial charge in [0.05, 0.1) is 11.0 Å². The normalized spacial score (nSPS) is 14.0. The Kier molecular flexibility index (Phi) is 8.54. The standard InChI is InChI=1S/C59H53BN2S/c1-8-9-10-16-35-23-27-39(28-24-35)61-49-30-26-38(58(2,3)4)33-44(49)45-34-43(37-25-29-42-41-19-13-14-22-50(41)63-51(42)32-37)53-52-40-18-12-11-17-36(40)31-47-56(52)62-55-46(59(47,5)6)20-15-21-48(55)60(7)54(45)57(53)62/h11-15,17-34,61H,8-10,16H2,1-7H3. The first kappa shape index (κ1) is 38.6. The highest BCUT2D eigenvalue weighted by molar-refractivity contribution is 7.25. The maximum atomic E-state index is 3.98. The predicted molar refractivity (Wildman–Crippen MR) is 277 cm³/mol. The van der Waals surface area contributed by atoms with Crippen LogP contribution in [0.2, 0.25) is 6.82 Å². The first-order valence-corrected chi connectivity index (χ1v) is 24.0. The van der Waals surface area contributed by atoms with Crippen molar-refractivity contribution in [3.05, 3.63) is 162 Å². The third kappa shape index (κ3) is 5.69. The van der Waals surface area contributed by atoms with Crippen molar-refractivity contribution in [3.8, 4) is 27.9 Å². The zero-order valence-electron chi connectivity index (χ0n) is 37.5. The number of nitrogens with zero attached hydrogens (tertiary/aromatic N) is 1. The second kappa shape index (κ2) is 14.0. The van der Waals surface area contributed by atoms with Crippen LogP contribution in [0.15, 0.2) is 140 Å². The molecule has 0 saturated heterocycles. The molecule has 2 aliphatic heterocycles. The molecule has 2 nitrogen and oxygen atoms in total. The molecule has 0 amide bonds. The van der Waals surface area contributed by atoms with Crippen LogP contribution in [-0.4, -0.2) is 11.3 Å². The number of rotatable bonds is 8. The molecule has 0 fully saturated rings. The van der Waals surface area contributed by atoms with Gasteiger partial charge in [0.25, 0.3) is 0 Å². The molecule has 2 aliphatic rings. The lowest BCUT2D eigenvalue weighted by molar-refractivity contribution is 0.590. The summed E-state index contributed by atoms with van der Waals surface area (Å²) in [6, 6.07) is 53.9. The number of anilines is 2. The maximum Gasteiger partial charge on any atom is 0.212 e. The highest BCUT2D eigenvalue weighted by atomic mass is 32.1. The molecule has 63 heavy (non-hydrogen) atoms. The van der Waals surface area contributed by atoms with E-state index in [-0.39, 0.29) is 17.5 Å². The third-order valence-electron chi connectivity index (χ3n) is 14.8. The lowest BCUT2D eigenvalue weighted by Gasteiger charge is -2.39. The summed E-state index contributed by atoms with van der Waals surface area (Å²) in [5.41, 5.74) is 19.6. The summed E-state index contributed by atoms with van der Waals surface area (Å²) in [5, 5.41) is 12.0. The SMILES string of the molecule is CCCCCc1ccc(Nc2ccc(C(C)(C)C)cc2-c2cc(-c3ccc4c(c3)sc3ccccc34)c3c4c5ccccc5cc5c4n4c3c2B(C)c2cccc(c2-4)C5(C)C)cc1. The van der Waals surface area contributed by atoms with E-state index in [1.165, 1.54) is 133 Å². The van der Waals surface area contributed by atoms with Crippen molar-refractivity contribution in [1.29, 1.82) is 0 Å². The largest absolute Gasteiger partial charge is 0.355 e. The Bertz CT molecular complexity index is 3520. The van der Waals surface area contributed by atoms with Gasteiger partial charge in [-0.3, -0.25) is 0 Å². The quantitative estimate of drug-likeness (QED) is 0.119. The van der Waals surface area contributed by atoms with Gasteiger partial charge in [0.1, 0.15) is 0 Å². The smallest absolute Gasteiger partial charge is 0.212 e. The summed E-state index contributed by atoms with van der Waals surface area (Å²) in [6.07, 6.45) is 4.88. The Hall–Kier alpha value is -6.10. The minimum absolute atomic E-state index is 0.0357. The number of unbranched alkanes of at least 4 members (excludes halogenated alkanes) is 2. The van der Waals surface area contributed by atoms with Crippen LogP contribution in [0.4, 0.5) is 11.4 Å². The van der Waals surface area contributed by atoms with E-state index in [4.69, 9.17) is 0 Å². The Morgan fingerprint density at radius 1 is 0.651 bits per heavy atom. The first-order valence-electron chi connectivity index (χ1n) is 23.1. The minimum atomic E-state index is -0.183. The molecule has 10 aromatic rings. The lowest BCUT2D eigenvalue weighted by atomic mass is 9.39. The fraction of sp³-hybridized carbons (Fsp3) is 0.220. The number of aryl methyl sites for hydroxylation is 1. The van der Waals surface area contributed by atoms with Crippen molar-refractivity contribution in [3.63, 3.8) is 0 Å². The number of para-hydroxylation sites is 1. The highest BCUT2D eigenvalue weighted by Crippen LogP contribution is 2.53. The van der Waals surface area contributed by atoms with Crippen molar-refractivity contribution >= 4 is 93.1 Å². The van der Waals surface area contributed by atoms with Crippen molar-refractivity contribution in [2.75, 3.05) is 5.32 Å². The molecule has 0 spiro atoms. The molecule has 0 saturated carbocycles. The van der Waals surface area contributed by atoms with Crippen LogP contribution in [0.3, 0.4) is 0 Å². The Labute approximate surface area is 375 Å². The average Bonchev–Trinajstić information content (AvgIpc) is 3.84. The summed E-state index contributed by atoms with van der Waals surface area (Å²) in [5.74, 6) is 0. The Balaban J connectivity index is 1.22. The van der Waals surface area contributed by atoms with Crippen molar-refractivity contribution in [2.24, 2.45) is 0 Å². The van der Waals surface area contributed by atoms with Crippen LogP contribution in [0.5, 0.6) is 0 Å². The van der Waals surface area contributed by atoms with Crippen molar-refractivity contribution in [2.45, 2.75) is 84.9 Å². The zero-order valence-corrected chi connectivity index (χ0v) is 38.4. The molecule has 0 aliphatic carbocycles. The highest BCUT2D eigenvalue weighted by Gasteiger charge is 2.43. The molecule has 0 radical (unpaired) electrons. The molecule has 0 atom stereocenters. The van der Waals surface area contributed by atoms with Crippen LogP contribution in [0.1, 0.15) is 83.1 Å². The Morgan fingerprint density at radius 3 is 2.24 bits per heavy atom. The summed E-state index contributed by atoms with van der Waals surface area (Å²) in [7, 11) is 0. The number of aromatic nitrogens is 1. The molecule has 4 heterocycles. The van der Waals surface area contributed by atoms with Gasteiger partial charge in [-0.2, -0.15) is 0 Å². The second-order valence-electron chi connectivity index (χ2n) is 20.0. The maximum absolute atomic E-state index is 3.98. The van der Waals surface area contributed by atoms with E-state index in [1.54, 1.807) is 0 Å². The zero-order chi connectivity index (χ0) is 42.9. The molecule has 12 rings (SSSR count). The monoisotopic (exact) mass is 832 g/mol. The topological polar surface area (TPSA) is 17.0 Å². The molecule has 0 unspecified atom stereocenters. The summed E-state index contributed by atoms with van der Waals surface area (Å²) in [6.45, 7) is 16.8. The van der Waals surface area contributed by atoms with E-state index in [9.17, 15) is 0 Å². The molecular weight excluding hydrogens is 780 g/mol. The van der Waals surface area contributed by atoms with E-state index >= 15 is 0 Å². The first-order chi connectivity index (χ1) is 30.5. The molecule has 8 aromatic carbocycles. The number of hydrogen-bond donors (Lipinski definition) is 1. The molecule has 308 valence electrons. The van der Waals surface area contributed by atoms with E-state index in [2.05, 4.69) is 198 Å². The molecule has 0 bridgehead atoms. The van der Waals surface area contributed by atoms with Crippen LogP contribution >= 0.6 is 11.3 Å². The summed E-state index contributed by atoms with van der Waals surface area (Å²) in [4.78, 5) is 0. The second-order valence-corrected chi connectivity index (χ2v) is 21.1. The fourth-order valence-corrected chi connectivity index (χ4v) is 12.5. The Morgan fingerprint density at radius 2 is 1.43 bits per heavy atom. The van der Waals surface area contributed by atoms with E-state index in [1.807, 2.05) is 11.3 Å². The predicted octanol–water partition coefficient (Wildman–Crippen LogP) is 15.6. The van der Waals surface area contributed by atoms with Gasteiger partial charge in [0.15, 0.2) is 0 Å². The van der Waals surface area contributed by atoms with Crippen molar-refractivity contribution in [1.82, 2.24) is 4.57 Å². The van der Waals surface area contributed by atoms with E-state index in [0.29, 0.717) is 0 Å². The van der Waals surface area contributed by atoms with E-state index in [0.717, 1.165) is 17.8 Å². The minimum Gasteiger partial charge on any atom is -0.355 e. The van der Waals surface area contributed by atoms with Gasteiger partial charge in [0, 0.05) is 59.0 Å². The number of thiophene rings is 1. The van der Waals surface area contributed by atoms with Crippen molar-refractivity contribution < 1.29 is 0 Å². The number of nitrogens with one attached hydrogen (secondary N) is 1. The summed E-state index contributed by atoms with van der Waals surface area (Å²) >= 11 is 1.91. The number of hydrogen-bond acceptors (Lipinski definition) is 2. The van der Waals surface area contributed by atoms with Gasteiger partial charge in [-0.1, -0.05) is 158 Å². The molecular formula is C59H53BN2S.